The number of rotatable bonds is 8. The largest absolute Gasteiger partial charge is 0.356 e. The van der Waals surface area contributed by atoms with Gasteiger partial charge in [0.15, 0.2) is 0 Å². The molecule has 1 heterocycles. The van der Waals surface area contributed by atoms with E-state index in [9.17, 15) is 9.59 Å². The van der Waals surface area contributed by atoms with Gasteiger partial charge in [0.25, 0.3) is 0 Å². The van der Waals surface area contributed by atoms with Gasteiger partial charge in [-0.15, -0.1) is 10.2 Å². The first-order chi connectivity index (χ1) is 11.1. The molecule has 6 nitrogen and oxygen atoms in total. The molecule has 0 bridgehead atoms. The van der Waals surface area contributed by atoms with E-state index in [4.69, 9.17) is 0 Å². The summed E-state index contributed by atoms with van der Waals surface area (Å²) in [7, 11) is 0. The summed E-state index contributed by atoms with van der Waals surface area (Å²) in [6, 6.07) is 9.74. The average molecular weight is 332 g/mol. The van der Waals surface area contributed by atoms with E-state index in [1.54, 1.807) is 0 Å². The molecule has 0 saturated heterocycles. The van der Waals surface area contributed by atoms with Gasteiger partial charge in [-0.2, -0.15) is 0 Å². The number of hydrogen-bond acceptors (Lipinski definition) is 5. The van der Waals surface area contributed by atoms with Crippen LogP contribution >= 0.6 is 11.3 Å². The Morgan fingerprint density at radius 1 is 1.09 bits per heavy atom. The van der Waals surface area contributed by atoms with Crippen LogP contribution in [0.5, 0.6) is 0 Å². The van der Waals surface area contributed by atoms with E-state index in [1.165, 1.54) is 18.3 Å². The smallest absolute Gasteiger partial charge is 0.226 e. The second kappa shape index (κ2) is 8.99. The Bertz CT molecular complexity index is 643. The van der Waals surface area contributed by atoms with Crippen molar-refractivity contribution in [3.8, 4) is 10.6 Å². The molecule has 0 aliphatic rings. The number of aromatic nitrogens is 2. The van der Waals surface area contributed by atoms with Gasteiger partial charge in [-0.05, 0) is 12.8 Å². The zero-order valence-corrected chi connectivity index (χ0v) is 13.9. The standard InChI is InChI=1S/C16H20N4O2S/c1-12(21)17-11-7-3-6-10-14(22)18-16-20-19-15(23-16)13-8-4-2-5-9-13/h2,4-5,8-9H,3,6-7,10-11H2,1H3,(H,17,21)(H,18,20,22). The molecule has 2 rings (SSSR count). The predicted octanol–water partition coefficient (Wildman–Crippen LogP) is 2.84. The lowest BCUT2D eigenvalue weighted by Crippen LogP contribution is -2.20. The van der Waals surface area contributed by atoms with E-state index in [0.29, 0.717) is 18.1 Å². The van der Waals surface area contributed by atoms with Gasteiger partial charge in [0.1, 0.15) is 5.01 Å². The van der Waals surface area contributed by atoms with Gasteiger partial charge < -0.3 is 10.6 Å². The van der Waals surface area contributed by atoms with Crippen LogP contribution in [0.25, 0.3) is 10.6 Å². The van der Waals surface area contributed by atoms with Crippen LogP contribution in [0.4, 0.5) is 5.13 Å². The maximum atomic E-state index is 11.9. The summed E-state index contributed by atoms with van der Waals surface area (Å²) in [6.45, 7) is 2.16. The summed E-state index contributed by atoms with van der Waals surface area (Å²) in [4.78, 5) is 22.6. The first-order valence-corrected chi connectivity index (χ1v) is 8.40. The second-order valence-electron chi connectivity index (χ2n) is 5.12. The molecule has 122 valence electrons. The Labute approximate surface area is 139 Å². The topological polar surface area (TPSA) is 84.0 Å². The predicted molar refractivity (Wildman–Crippen MR) is 91.1 cm³/mol. The van der Waals surface area contributed by atoms with Crippen molar-refractivity contribution in [2.24, 2.45) is 0 Å². The summed E-state index contributed by atoms with van der Waals surface area (Å²) < 4.78 is 0. The van der Waals surface area contributed by atoms with Crippen LogP contribution in [-0.2, 0) is 9.59 Å². The molecule has 0 atom stereocenters. The third-order valence-electron chi connectivity index (χ3n) is 3.15. The van der Waals surface area contributed by atoms with Crippen molar-refractivity contribution in [2.75, 3.05) is 11.9 Å². The number of carbonyl (C=O) groups excluding carboxylic acids is 2. The minimum absolute atomic E-state index is 0.0202. The normalized spacial score (nSPS) is 10.3. The van der Waals surface area contributed by atoms with Crippen LogP contribution in [-0.4, -0.2) is 28.6 Å². The van der Waals surface area contributed by atoms with E-state index < -0.39 is 0 Å². The fourth-order valence-corrected chi connectivity index (χ4v) is 2.77. The molecule has 0 aliphatic carbocycles. The first kappa shape index (κ1) is 17.1. The second-order valence-corrected chi connectivity index (χ2v) is 6.10. The Morgan fingerprint density at radius 2 is 1.87 bits per heavy atom. The third kappa shape index (κ3) is 6.15. The number of nitrogens with zero attached hydrogens (tertiary/aromatic N) is 2. The molecule has 7 heteroatoms. The molecule has 23 heavy (non-hydrogen) atoms. The molecule has 0 fully saturated rings. The minimum atomic E-state index is -0.0553. The Morgan fingerprint density at radius 3 is 2.61 bits per heavy atom. The highest BCUT2D eigenvalue weighted by Gasteiger charge is 2.09. The van der Waals surface area contributed by atoms with E-state index in [-0.39, 0.29) is 11.8 Å². The molecule has 0 unspecified atom stereocenters. The van der Waals surface area contributed by atoms with Crippen LogP contribution in [0.2, 0.25) is 0 Å². The minimum Gasteiger partial charge on any atom is -0.356 e. The van der Waals surface area contributed by atoms with Crippen LogP contribution < -0.4 is 10.6 Å². The fraction of sp³-hybridized carbons (Fsp3) is 0.375. The van der Waals surface area contributed by atoms with Gasteiger partial charge in [0.2, 0.25) is 16.9 Å². The van der Waals surface area contributed by atoms with E-state index in [0.717, 1.165) is 29.8 Å². The zero-order chi connectivity index (χ0) is 16.5. The zero-order valence-electron chi connectivity index (χ0n) is 13.0. The molecular weight excluding hydrogens is 312 g/mol. The van der Waals surface area contributed by atoms with Crippen LogP contribution in [0.1, 0.15) is 32.6 Å². The van der Waals surface area contributed by atoms with Crippen molar-refractivity contribution in [3.63, 3.8) is 0 Å². The van der Waals surface area contributed by atoms with Gasteiger partial charge in [0, 0.05) is 25.5 Å². The van der Waals surface area contributed by atoms with Crippen LogP contribution in [0, 0.1) is 0 Å². The molecule has 2 amide bonds. The average Bonchev–Trinajstić information content (AvgIpc) is 3.00. The highest BCUT2D eigenvalue weighted by Crippen LogP contribution is 2.25. The molecule has 2 aromatic rings. The van der Waals surface area contributed by atoms with Gasteiger partial charge in [-0.3, -0.25) is 9.59 Å². The van der Waals surface area contributed by atoms with Crippen molar-refractivity contribution in [1.82, 2.24) is 15.5 Å². The number of unbranched alkanes of at least 4 members (excludes halogenated alkanes) is 2. The number of anilines is 1. The molecular formula is C16H20N4O2S. The monoisotopic (exact) mass is 332 g/mol. The lowest BCUT2D eigenvalue weighted by molar-refractivity contribution is -0.119. The summed E-state index contributed by atoms with van der Waals surface area (Å²) in [5.41, 5.74) is 0.989. The molecule has 0 spiro atoms. The molecule has 1 aromatic carbocycles. The molecule has 1 aromatic heterocycles. The maximum Gasteiger partial charge on any atom is 0.226 e. The van der Waals surface area contributed by atoms with E-state index in [1.807, 2.05) is 30.3 Å². The SMILES string of the molecule is CC(=O)NCCCCCC(=O)Nc1nnc(-c2ccccc2)s1. The highest BCUT2D eigenvalue weighted by atomic mass is 32.1. The number of carbonyl (C=O) groups is 2. The third-order valence-corrected chi connectivity index (χ3v) is 4.03. The molecule has 0 radical (unpaired) electrons. The molecule has 0 saturated carbocycles. The van der Waals surface area contributed by atoms with Gasteiger partial charge in [0.05, 0.1) is 0 Å². The maximum absolute atomic E-state index is 11.9. The molecule has 0 aliphatic heterocycles. The van der Waals surface area contributed by atoms with Gasteiger partial charge in [-0.1, -0.05) is 48.1 Å². The number of nitrogens with one attached hydrogen (secondary N) is 2. The van der Waals surface area contributed by atoms with Gasteiger partial charge >= 0.3 is 0 Å². The fourth-order valence-electron chi connectivity index (χ4n) is 2.00. The van der Waals surface area contributed by atoms with Crippen LogP contribution in [0.3, 0.4) is 0 Å². The van der Waals surface area contributed by atoms with Crippen LogP contribution in [0.15, 0.2) is 30.3 Å². The summed E-state index contributed by atoms with van der Waals surface area (Å²) >= 11 is 1.36. The number of hydrogen-bond donors (Lipinski definition) is 2. The highest BCUT2D eigenvalue weighted by molar-refractivity contribution is 7.18. The number of amides is 2. The van der Waals surface area contributed by atoms with Crippen molar-refractivity contribution in [3.05, 3.63) is 30.3 Å². The molecule has 2 N–H and O–H groups in total. The summed E-state index contributed by atoms with van der Waals surface area (Å²) in [5, 5.41) is 14.9. The Kier molecular flexibility index (Phi) is 6.68. The number of benzene rings is 1. The van der Waals surface area contributed by atoms with Gasteiger partial charge in [-0.25, -0.2) is 0 Å². The van der Waals surface area contributed by atoms with Crippen molar-refractivity contribution in [2.45, 2.75) is 32.6 Å². The Hall–Kier alpha value is -2.28. The quantitative estimate of drug-likeness (QED) is 0.728. The summed E-state index contributed by atoms with van der Waals surface area (Å²) in [5.74, 6) is -0.0754. The lowest BCUT2D eigenvalue weighted by atomic mass is 10.2. The van der Waals surface area contributed by atoms with Crippen molar-refractivity contribution in [1.29, 1.82) is 0 Å². The first-order valence-electron chi connectivity index (χ1n) is 7.58. The van der Waals surface area contributed by atoms with Crippen molar-refractivity contribution >= 4 is 28.3 Å². The van der Waals surface area contributed by atoms with Crippen molar-refractivity contribution < 1.29 is 9.59 Å². The lowest BCUT2D eigenvalue weighted by Gasteiger charge is -2.02. The Balaban J connectivity index is 1.70. The summed E-state index contributed by atoms with van der Waals surface area (Å²) in [6.07, 6.45) is 3.01. The van der Waals surface area contributed by atoms with E-state index >= 15 is 0 Å². The van der Waals surface area contributed by atoms with E-state index in [2.05, 4.69) is 20.8 Å².